The van der Waals surface area contributed by atoms with Gasteiger partial charge >= 0.3 is 0 Å². The topological polar surface area (TPSA) is 101 Å². The highest BCUT2D eigenvalue weighted by atomic mass is 32.2. The normalized spacial score (nSPS) is 11.6. The van der Waals surface area contributed by atoms with E-state index in [4.69, 9.17) is 4.74 Å². The molecule has 23 heavy (non-hydrogen) atoms. The van der Waals surface area contributed by atoms with E-state index >= 15 is 0 Å². The Morgan fingerprint density at radius 1 is 1.30 bits per heavy atom. The van der Waals surface area contributed by atoms with E-state index in [1.807, 2.05) is 0 Å². The van der Waals surface area contributed by atoms with Crippen LogP contribution in [0.4, 0.5) is 5.69 Å². The molecule has 120 valence electrons. The molecule has 3 rings (SSSR count). The number of anilines is 1. The van der Waals surface area contributed by atoms with Crippen LogP contribution in [0.1, 0.15) is 0 Å². The smallest absolute Gasteiger partial charge is 0.231 e. The van der Waals surface area contributed by atoms with Gasteiger partial charge in [0.2, 0.25) is 10.0 Å². The molecule has 2 heterocycles. The molecule has 8 nitrogen and oxygen atoms in total. The van der Waals surface area contributed by atoms with Gasteiger partial charge in [-0.05, 0) is 12.1 Å². The molecule has 0 atom stereocenters. The maximum atomic E-state index is 11.7. The van der Waals surface area contributed by atoms with Crippen LogP contribution in [0, 0.1) is 0 Å². The molecule has 2 aromatic heterocycles. The summed E-state index contributed by atoms with van der Waals surface area (Å²) >= 11 is 0. The first-order chi connectivity index (χ1) is 10.9. The summed E-state index contributed by atoms with van der Waals surface area (Å²) in [6.07, 6.45) is 4.21. The first kappa shape index (κ1) is 15.2. The van der Waals surface area contributed by atoms with Gasteiger partial charge in [0.15, 0.2) is 5.65 Å². The number of hydrogen-bond acceptors (Lipinski definition) is 6. The number of methoxy groups -OCH3 is 1. The summed E-state index contributed by atoms with van der Waals surface area (Å²) in [6.45, 7) is 0. The van der Waals surface area contributed by atoms with Crippen LogP contribution in [0.15, 0.2) is 30.7 Å². The summed E-state index contributed by atoms with van der Waals surface area (Å²) in [6, 6.07) is 5.09. The van der Waals surface area contributed by atoms with Crippen LogP contribution < -0.4 is 9.04 Å². The summed E-state index contributed by atoms with van der Waals surface area (Å²) in [4.78, 5) is 15.5. The highest BCUT2D eigenvalue weighted by Crippen LogP contribution is 2.33. The molecular formula is C14H15N5O3S. The molecule has 1 N–H and O–H groups in total. The highest BCUT2D eigenvalue weighted by molar-refractivity contribution is 7.92. The lowest BCUT2D eigenvalue weighted by Gasteiger charge is -2.18. The molecular weight excluding hydrogens is 318 g/mol. The number of aromatic nitrogens is 4. The largest absolute Gasteiger partial charge is 0.496 e. The quantitative estimate of drug-likeness (QED) is 0.775. The van der Waals surface area contributed by atoms with Crippen molar-refractivity contribution in [3.8, 4) is 17.1 Å². The number of hydrogen-bond donors (Lipinski definition) is 1. The number of nitrogens with zero attached hydrogens (tertiary/aromatic N) is 4. The van der Waals surface area contributed by atoms with Crippen molar-refractivity contribution < 1.29 is 13.2 Å². The summed E-state index contributed by atoms with van der Waals surface area (Å²) in [5.41, 5.74) is 2.47. The molecule has 9 heteroatoms. The number of sulfonamides is 1. The van der Waals surface area contributed by atoms with Gasteiger partial charge in [-0.25, -0.2) is 23.4 Å². The van der Waals surface area contributed by atoms with Gasteiger partial charge < -0.3 is 9.72 Å². The Morgan fingerprint density at radius 3 is 2.74 bits per heavy atom. The standard InChI is InChI=1S/C14H15N5O3S/c1-19(23(3,20)21)9-4-5-10(12(6-9)22-2)13-17-11-7-15-8-16-14(11)18-13/h4-8H,1-3H3,(H,15,16,17,18). The Bertz CT molecular complexity index is 934. The molecule has 0 aliphatic carbocycles. The van der Waals surface area contributed by atoms with Crippen molar-refractivity contribution in [3.05, 3.63) is 30.7 Å². The Morgan fingerprint density at radius 2 is 2.09 bits per heavy atom. The zero-order valence-electron chi connectivity index (χ0n) is 12.8. The monoisotopic (exact) mass is 333 g/mol. The zero-order chi connectivity index (χ0) is 16.6. The van der Waals surface area contributed by atoms with E-state index in [1.54, 1.807) is 24.4 Å². The molecule has 0 aliphatic rings. The van der Waals surface area contributed by atoms with Crippen LogP contribution in [0.3, 0.4) is 0 Å². The lowest BCUT2D eigenvalue weighted by Crippen LogP contribution is -2.24. The van der Waals surface area contributed by atoms with Crippen LogP contribution in [0.25, 0.3) is 22.6 Å². The Labute approximate surface area is 133 Å². The summed E-state index contributed by atoms with van der Waals surface area (Å²) < 4.78 is 29.9. The number of fused-ring (bicyclic) bond motifs is 1. The molecule has 0 amide bonds. The molecule has 0 fully saturated rings. The van der Waals surface area contributed by atoms with Crippen molar-refractivity contribution in [3.63, 3.8) is 0 Å². The van der Waals surface area contributed by atoms with Crippen molar-refractivity contribution in [1.29, 1.82) is 0 Å². The van der Waals surface area contributed by atoms with E-state index in [0.717, 1.165) is 6.26 Å². The number of aromatic amines is 1. The van der Waals surface area contributed by atoms with Crippen LogP contribution >= 0.6 is 0 Å². The van der Waals surface area contributed by atoms with E-state index in [0.29, 0.717) is 34.0 Å². The number of nitrogens with one attached hydrogen (secondary N) is 1. The van der Waals surface area contributed by atoms with E-state index < -0.39 is 10.0 Å². The molecule has 1 aromatic carbocycles. The first-order valence-corrected chi connectivity index (χ1v) is 8.53. The van der Waals surface area contributed by atoms with Gasteiger partial charge in [-0.2, -0.15) is 0 Å². The average Bonchev–Trinajstić information content (AvgIpc) is 2.96. The summed E-state index contributed by atoms with van der Waals surface area (Å²) in [5.74, 6) is 1.08. The minimum atomic E-state index is -3.34. The zero-order valence-corrected chi connectivity index (χ0v) is 13.6. The fourth-order valence-electron chi connectivity index (χ4n) is 2.15. The van der Waals surface area contributed by atoms with Crippen LogP contribution in [-0.2, 0) is 10.0 Å². The number of ether oxygens (including phenoxy) is 1. The van der Waals surface area contributed by atoms with Gasteiger partial charge in [0.1, 0.15) is 23.4 Å². The SMILES string of the molecule is COc1cc(N(C)S(C)(=O)=O)ccc1-c1nc2ncncc2[nH]1. The summed E-state index contributed by atoms with van der Waals surface area (Å²) in [7, 11) is -0.337. The van der Waals surface area contributed by atoms with Crippen molar-refractivity contribution in [2.45, 2.75) is 0 Å². The predicted molar refractivity (Wildman–Crippen MR) is 86.9 cm³/mol. The van der Waals surface area contributed by atoms with Gasteiger partial charge in [0, 0.05) is 13.1 Å². The third kappa shape index (κ3) is 2.82. The van der Waals surface area contributed by atoms with Gasteiger partial charge in [0.25, 0.3) is 0 Å². The lowest BCUT2D eigenvalue weighted by atomic mass is 10.1. The maximum absolute atomic E-state index is 11.7. The van der Waals surface area contributed by atoms with Gasteiger partial charge in [0.05, 0.1) is 30.8 Å². The average molecular weight is 333 g/mol. The summed E-state index contributed by atoms with van der Waals surface area (Å²) in [5, 5.41) is 0. The number of rotatable bonds is 4. The van der Waals surface area contributed by atoms with Crippen molar-refractivity contribution in [2.24, 2.45) is 0 Å². The van der Waals surface area contributed by atoms with Crippen molar-refractivity contribution in [2.75, 3.05) is 24.7 Å². The maximum Gasteiger partial charge on any atom is 0.231 e. The van der Waals surface area contributed by atoms with E-state index in [1.165, 1.54) is 24.8 Å². The van der Waals surface area contributed by atoms with E-state index in [2.05, 4.69) is 19.9 Å². The Hall–Kier alpha value is -2.68. The van der Waals surface area contributed by atoms with Crippen LogP contribution in [-0.4, -0.2) is 48.8 Å². The fourth-order valence-corrected chi connectivity index (χ4v) is 2.65. The molecule has 3 aromatic rings. The van der Waals surface area contributed by atoms with Crippen LogP contribution in [0.2, 0.25) is 0 Å². The van der Waals surface area contributed by atoms with Gasteiger partial charge in [-0.15, -0.1) is 0 Å². The van der Waals surface area contributed by atoms with Crippen LogP contribution in [0.5, 0.6) is 5.75 Å². The number of benzene rings is 1. The number of imidazole rings is 1. The predicted octanol–water partition coefficient (Wildman–Crippen LogP) is 1.42. The molecule has 0 aliphatic heterocycles. The highest BCUT2D eigenvalue weighted by Gasteiger charge is 2.16. The number of H-pyrrole nitrogens is 1. The molecule has 0 radical (unpaired) electrons. The third-order valence-electron chi connectivity index (χ3n) is 3.46. The van der Waals surface area contributed by atoms with E-state index in [9.17, 15) is 8.42 Å². The minimum absolute atomic E-state index is 0.504. The van der Waals surface area contributed by atoms with Gasteiger partial charge in [-0.1, -0.05) is 0 Å². The Balaban J connectivity index is 2.09. The Kier molecular flexibility index (Phi) is 3.64. The van der Waals surface area contributed by atoms with Crippen molar-refractivity contribution >= 4 is 26.9 Å². The van der Waals surface area contributed by atoms with Gasteiger partial charge in [-0.3, -0.25) is 4.31 Å². The second-order valence-electron chi connectivity index (χ2n) is 4.96. The second kappa shape index (κ2) is 5.51. The molecule has 0 saturated carbocycles. The third-order valence-corrected chi connectivity index (χ3v) is 4.67. The fraction of sp³-hybridized carbons (Fsp3) is 0.214. The minimum Gasteiger partial charge on any atom is -0.496 e. The lowest BCUT2D eigenvalue weighted by molar-refractivity contribution is 0.416. The van der Waals surface area contributed by atoms with Crippen molar-refractivity contribution in [1.82, 2.24) is 19.9 Å². The molecule has 0 saturated heterocycles. The second-order valence-corrected chi connectivity index (χ2v) is 6.97. The first-order valence-electron chi connectivity index (χ1n) is 6.68. The molecule has 0 unspecified atom stereocenters. The van der Waals surface area contributed by atoms with E-state index in [-0.39, 0.29) is 0 Å². The molecule has 0 bridgehead atoms. The molecule has 0 spiro atoms.